The van der Waals surface area contributed by atoms with Gasteiger partial charge in [0.2, 0.25) is 0 Å². The van der Waals surface area contributed by atoms with Crippen LogP contribution in [-0.2, 0) is 14.6 Å². The van der Waals surface area contributed by atoms with Crippen LogP contribution in [0.25, 0.3) is 0 Å². The Kier molecular flexibility index (Phi) is 6.91. The average molecular weight is 147 g/mol. The number of ether oxygens (including phenoxy) is 2. The van der Waals surface area contributed by atoms with Gasteiger partial charge in [0.1, 0.15) is 0 Å². The molecule has 0 amide bonds. The summed E-state index contributed by atoms with van der Waals surface area (Å²) in [5.74, 6) is 0. The van der Waals surface area contributed by atoms with Crippen LogP contribution in [0.15, 0.2) is 0 Å². The van der Waals surface area contributed by atoms with Crippen LogP contribution in [0.4, 0.5) is 0 Å². The van der Waals surface area contributed by atoms with Crippen molar-refractivity contribution in [2.45, 2.75) is 19.4 Å². The van der Waals surface area contributed by atoms with Gasteiger partial charge in [-0.3, -0.25) is 0 Å². The van der Waals surface area contributed by atoms with Crippen LogP contribution in [0.2, 0.25) is 0 Å². The van der Waals surface area contributed by atoms with Gasteiger partial charge in [0.15, 0.2) is 0 Å². The van der Waals surface area contributed by atoms with Crippen molar-refractivity contribution in [1.29, 1.82) is 0 Å². The Morgan fingerprint density at radius 3 is 2.60 bits per heavy atom. The monoisotopic (exact) mass is 147 g/mol. The SMILES string of the molecule is COCCOC(C)CC[O]. The molecule has 0 aromatic heterocycles. The molecule has 0 rings (SSSR count). The summed E-state index contributed by atoms with van der Waals surface area (Å²) in [5, 5.41) is 10.1. The highest BCUT2D eigenvalue weighted by atomic mass is 16.5. The quantitative estimate of drug-likeness (QED) is 0.522. The number of rotatable bonds is 6. The molecule has 0 heterocycles. The third-order valence-corrected chi connectivity index (χ3v) is 1.21. The fourth-order valence-electron chi connectivity index (χ4n) is 0.582. The van der Waals surface area contributed by atoms with Gasteiger partial charge in [0.25, 0.3) is 0 Å². The first-order valence-electron chi connectivity index (χ1n) is 3.50. The number of hydrogen-bond donors (Lipinski definition) is 0. The summed E-state index contributed by atoms with van der Waals surface area (Å²) in [7, 11) is 1.63. The van der Waals surface area contributed by atoms with Crippen LogP contribution in [0.3, 0.4) is 0 Å². The van der Waals surface area contributed by atoms with Crippen LogP contribution < -0.4 is 0 Å². The molecule has 0 aromatic carbocycles. The molecule has 0 saturated heterocycles. The second-order valence-electron chi connectivity index (χ2n) is 2.17. The second-order valence-corrected chi connectivity index (χ2v) is 2.17. The molecule has 3 heteroatoms. The van der Waals surface area contributed by atoms with Crippen molar-refractivity contribution in [3.05, 3.63) is 0 Å². The van der Waals surface area contributed by atoms with Crippen molar-refractivity contribution in [1.82, 2.24) is 0 Å². The largest absolute Gasteiger partial charge is 0.382 e. The van der Waals surface area contributed by atoms with E-state index in [2.05, 4.69) is 0 Å². The van der Waals surface area contributed by atoms with E-state index in [1.165, 1.54) is 0 Å². The lowest BCUT2D eigenvalue weighted by atomic mass is 10.3. The van der Waals surface area contributed by atoms with E-state index in [4.69, 9.17) is 9.47 Å². The Bertz CT molecular complexity index is 65.9. The number of methoxy groups -OCH3 is 1. The summed E-state index contributed by atoms with van der Waals surface area (Å²) in [6.07, 6.45) is 0.664. The first-order valence-corrected chi connectivity index (χ1v) is 3.50. The van der Waals surface area contributed by atoms with E-state index in [1.54, 1.807) is 7.11 Å². The predicted molar refractivity (Wildman–Crippen MR) is 37.5 cm³/mol. The molecule has 1 unspecified atom stereocenters. The Morgan fingerprint density at radius 1 is 1.40 bits per heavy atom. The topological polar surface area (TPSA) is 38.4 Å². The van der Waals surface area contributed by atoms with E-state index in [1.807, 2.05) is 6.92 Å². The highest BCUT2D eigenvalue weighted by Gasteiger charge is 1.99. The van der Waals surface area contributed by atoms with Gasteiger partial charge < -0.3 is 9.47 Å². The zero-order chi connectivity index (χ0) is 7.82. The van der Waals surface area contributed by atoms with Gasteiger partial charge >= 0.3 is 0 Å². The van der Waals surface area contributed by atoms with Crippen molar-refractivity contribution in [2.75, 3.05) is 26.9 Å². The van der Waals surface area contributed by atoms with Crippen LogP contribution in [0.5, 0.6) is 0 Å². The third kappa shape index (κ3) is 6.01. The molecule has 0 aliphatic carbocycles. The first kappa shape index (κ1) is 9.88. The first-order chi connectivity index (χ1) is 4.81. The van der Waals surface area contributed by atoms with Crippen molar-refractivity contribution in [2.24, 2.45) is 0 Å². The lowest BCUT2D eigenvalue weighted by molar-refractivity contribution is 0.00938. The third-order valence-electron chi connectivity index (χ3n) is 1.21. The molecule has 0 N–H and O–H groups in total. The normalized spacial score (nSPS) is 13.5. The highest BCUT2D eigenvalue weighted by Crippen LogP contribution is 1.95. The minimum atomic E-state index is -0.0614. The van der Waals surface area contributed by atoms with Crippen LogP contribution in [-0.4, -0.2) is 33.0 Å². The lowest BCUT2D eigenvalue weighted by Crippen LogP contribution is -2.13. The predicted octanol–water partition coefficient (Wildman–Crippen LogP) is 0.859. The molecule has 10 heavy (non-hydrogen) atoms. The minimum absolute atomic E-state index is 0.0614. The maximum absolute atomic E-state index is 10.1. The Morgan fingerprint density at radius 2 is 2.10 bits per heavy atom. The second kappa shape index (κ2) is 6.99. The van der Waals surface area contributed by atoms with Crippen molar-refractivity contribution < 1.29 is 14.6 Å². The molecular weight excluding hydrogens is 132 g/mol. The Hall–Kier alpha value is -0.120. The molecule has 0 aromatic rings. The molecule has 0 fully saturated rings. The van der Waals surface area contributed by atoms with Gasteiger partial charge in [-0.25, -0.2) is 5.11 Å². The molecule has 0 aliphatic rings. The van der Waals surface area contributed by atoms with E-state index < -0.39 is 0 Å². The molecular formula is C7H15O3. The van der Waals surface area contributed by atoms with Crippen molar-refractivity contribution >= 4 is 0 Å². The van der Waals surface area contributed by atoms with Crippen molar-refractivity contribution in [3.8, 4) is 0 Å². The van der Waals surface area contributed by atoms with Crippen LogP contribution >= 0.6 is 0 Å². The summed E-state index contributed by atoms with van der Waals surface area (Å²) in [6.45, 7) is 3.02. The minimum Gasteiger partial charge on any atom is -0.382 e. The van der Waals surface area contributed by atoms with Gasteiger partial charge in [-0.15, -0.1) is 0 Å². The fraction of sp³-hybridized carbons (Fsp3) is 1.00. The maximum atomic E-state index is 10.1. The molecule has 0 spiro atoms. The van der Waals surface area contributed by atoms with E-state index in [9.17, 15) is 5.11 Å². The van der Waals surface area contributed by atoms with Crippen LogP contribution in [0.1, 0.15) is 13.3 Å². The molecule has 0 aliphatic heterocycles. The van der Waals surface area contributed by atoms with E-state index in [0.717, 1.165) is 0 Å². The molecule has 0 bridgehead atoms. The zero-order valence-electron chi connectivity index (χ0n) is 6.63. The molecule has 3 nitrogen and oxygen atoms in total. The summed E-state index contributed by atoms with van der Waals surface area (Å²) in [4.78, 5) is 0. The summed E-state index contributed by atoms with van der Waals surface area (Å²) in [5.41, 5.74) is 0. The van der Waals surface area contributed by atoms with Gasteiger partial charge in [-0.1, -0.05) is 0 Å². The molecule has 0 saturated carbocycles. The standard InChI is InChI=1S/C7H15O3/c1-7(3-4-8)10-6-5-9-2/h7H,3-6H2,1-2H3. The molecule has 1 atom stereocenters. The van der Waals surface area contributed by atoms with Gasteiger partial charge in [0.05, 0.1) is 25.9 Å². The average Bonchev–Trinajstić information content (AvgIpc) is 1.89. The highest BCUT2D eigenvalue weighted by molar-refractivity contribution is 4.46. The smallest absolute Gasteiger partial charge is 0.0846 e. The Balaban J connectivity index is 2.97. The lowest BCUT2D eigenvalue weighted by Gasteiger charge is -2.09. The van der Waals surface area contributed by atoms with Crippen molar-refractivity contribution in [3.63, 3.8) is 0 Å². The molecule has 1 radical (unpaired) electrons. The Labute approximate surface area is 62.0 Å². The molecule has 61 valence electrons. The van der Waals surface area contributed by atoms with E-state index in [0.29, 0.717) is 19.6 Å². The summed E-state index contributed by atoms with van der Waals surface area (Å²) < 4.78 is 9.97. The van der Waals surface area contributed by atoms with Crippen LogP contribution in [0, 0.1) is 0 Å². The number of hydrogen-bond acceptors (Lipinski definition) is 2. The van der Waals surface area contributed by atoms with Gasteiger partial charge in [-0.2, -0.15) is 0 Å². The fourth-order valence-corrected chi connectivity index (χ4v) is 0.582. The van der Waals surface area contributed by atoms with E-state index >= 15 is 0 Å². The maximum Gasteiger partial charge on any atom is 0.0846 e. The summed E-state index contributed by atoms with van der Waals surface area (Å²) in [6, 6.07) is 0. The van der Waals surface area contributed by atoms with Gasteiger partial charge in [0, 0.05) is 7.11 Å². The summed E-state index contributed by atoms with van der Waals surface area (Å²) >= 11 is 0. The van der Waals surface area contributed by atoms with E-state index in [-0.39, 0.29) is 12.7 Å². The zero-order valence-corrected chi connectivity index (χ0v) is 6.63. The van der Waals surface area contributed by atoms with Gasteiger partial charge in [-0.05, 0) is 13.3 Å².